The Morgan fingerprint density at radius 3 is 2.87 bits per heavy atom. The second-order valence-corrected chi connectivity index (χ2v) is 3.83. The Hall–Kier alpha value is -0.880. The molecule has 1 N–H and O–H groups in total. The summed E-state index contributed by atoms with van der Waals surface area (Å²) in [5.74, 6) is 0. The average Bonchev–Trinajstić information content (AvgIpc) is 2.27. The third kappa shape index (κ3) is 3.64. The van der Waals surface area contributed by atoms with Gasteiger partial charge in [0, 0.05) is 10.6 Å². The van der Waals surface area contributed by atoms with Crippen molar-refractivity contribution < 1.29 is 0 Å². The minimum atomic E-state index is 0.375. The van der Waals surface area contributed by atoms with E-state index in [0.29, 0.717) is 27.9 Å². The highest BCUT2D eigenvalue weighted by molar-refractivity contribution is 6.37. The monoisotopic (exact) mass is 260 g/mol. The molecule has 0 aliphatic heterocycles. The smallest absolute Gasteiger partial charge is 0.0992 e. The molecule has 1 rings (SSSR count). The third-order valence-corrected chi connectivity index (χ3v) is 2.61. The highest BCUT2D eigenvalue weighted by atomic mass is 35.5. The molecule has 2 nitrogen and oxygen atoms in total. The van der Waals surface area contributed by atoms with Crippen molar-refractivity contribution in [2.24, 2.45) is 0 Å². The highest BCUT2D eigenvalue weighted by Crippen LogP contribution is 2.23. The number of nitriles is 1. The van der Waals surface area contributed by atoms with Gasteiger partial charge in [0.25, 0.3) is 0 Å². The predicted molar refractivity (Wildman–Crippen MR) is 64.4 cm³/mol. The fourth-order valence-corrected chi connectivity index (χ4v) is 1.28. The molecule has 0 heterocycles. The van der Waals surface area contributed by atoms with Gasteiger partial charge in [0.1, 0.15) is 0 Å². The van der Waals surface area contributed by atoms with E-state index in [1.165, 1.54) is 5.54 Å². The largest absolute Gasteiger partial charge is 0.379 e. The average molecular weight is 262 g/mol. The van der Waals surface area contributed by atoms with E-state index >= 15 is 0 Å². The third-order valence-electron chi connectivity index (χ3n) is 1.66. The van der Waals surface area contributed by atoms with Crippen LogP contribution in [0.15, 0.2) is 28.8 Å². The van der Waals surface area contributed by atoms with Crippen molar-refractivity contribution in [2.45, 2.75) is 0 Å². The number of nitrogens with zero attached hydrogens (tertiary/aromatic N) is 1. The lowest BCUT2D eigenvalue weighted by molar-refractivity contribution is 1.31. The Morgan fingerprint density at radius 1 is 1.53 bits per heavy atom. The standard InChI is InChI=1S/C10H7Cl3N2/c11-4-8(12)6-15-10-3-7(5-14)1-2-9(10)13/h1-4,15H,6H2. The zero-order valence-electron chi connectivity index (χ0n) is 7.60. The van der Waals surface area contributed by atoms with Gasteiger partial charge in [0.2, 0.25) is 0 Å². The van der Waals surface area contributed by atoms with Gasteiger partial charge >= 0.3 is 0 Å². The Balaban J connectivity index is 2.81. The fourth-order valence-electron chi connectivity index (χ4n) is 0.949. The maximum atomic E-state index is 8.70. The molecule has 0 saturated heterocycles. The first-order valence-corrected chi connectivity index (χ1v) is 5.25. The molecular formula is C10H7Cl3N2. The molecule has 1 aromatic carbocycles. The summed E-state index contributed by atoms with van der Waals surface area (Å²) in [5.41, 5.74) is 2.47. The summed E-state index contributed by atoms with van der Waals surface area (Å²) in [5, 5.41) is 12.7. The highest BCUT2D eigenvalue weighted by Gasteiger charge is 2.01. The van der Waals surface area contributed by atoms with Gasteiger partial charge in [-0.05, 0) is 18.2 Å². The van der Waals surface area contributed by atoms with Crippen molar-refractivity contribution in [1.82, 2.24) is 0 Å². The fraction of sp³-hybridized carbons (Fsp3) is 0.100. The van der Waals surface area contributed by atoms with Crippen LogP contribution in [0.25, 0.3) is 0 Å². The summed E-state index contributed by atoms with van der Waals surface area (Å²) in [6.07, 6.45) is 0. The number of hydrogen-bond acceptors (Lipinski definition) is 2. The van der Waals surface area contributed by atoms with Crippen molar-refractivity contribution >= 4 is 40.5 Å². The van der Waals surface area contributed by atoms with Gasteiger partial charge < -0.3 is 5.32 Å². The van der Waals surface area contributed by atoms with Crippen LogP contribution in [0.3, 0.4) is 0 Å². The summed E-state index contributed by atoms with van der Waals surface area (Å²) in [7, 11) is 0. The van der Waals surface area contributed by atoms with Crippen LogP contribution >= 0.6 is 34.8 Å². The first-order chi connectivity index (χ1) is 7.17. The van der Waals surface area contributed by atoms with E-state index in [1.807, 2.05) is 6.07 Å². The van der Waals surface area contributed by atoms with E-state index in [2.05, 4.69) is 5.32 Å². The van der Waals surface area contributed by atoms with Crippen molar-refractivity contribution in [3.8, 4) is 6.07 Å². The van der Waals surface area contributed by atoms with Gasteiger partial charge in [-0.2, -0.15) is 5.26 Å². The summed E-state index contributed by atoms with van der Waals surface area (Å²) >= 11 is 17.0. The molecule has 0 spiro atoms. The van der Waals surface area contributed by atoms with Crippen LogP contribution in [0.2, 0.25) is 5.02 Å². The molecule has 0 amide bonds. The zero-order valence-corrected chi connectivity index (χ0v) is 9.87. The number of nitrogens with one attached hydrogen (secondary N) is 1. The Labute approximate surface area is 103 Å². The lowest BCUT2D eigenvalue weighted by Crippen LogP contribution is -2.01. The van der Waals surface area contributed by atoms with Crippen LogP contribution in [0, 0.1) is 11.3 Å². The molecule has 78 valence electrons. The van der Waals surface area contributed by atoms with E-state index < -0.39 is 0 Å². The molecule has 0 fully saturated rings. The van der Waals surface area contributed by atoms with Gasteiger partial charge in [-0.15, -0.1) is 0 Å². The summed E-state index contributed by atoms with van der Waals surface area (Å²) < 4.78 is 0. The molecule has 15 heavy (non-hydrogen) atoms. The summed E-state index contributed by atoms with van der Waals surface area (Å²) in [4.78, 5) is 0. The van der Waals surface area contributed by atoms with Gasteiger partial charge in [0.15, 0.2) is 0 Å². The van der Waals surface area contributed by atoms with Crippen LogP contribution in [-0.4, -0.2) is 6.54 Å². The maximum absolute atomic E-state index is 8.70. The zero-order chi connectivity index (χ0) is 11.3. The Bertz CT molecular complexity index is 421. The van der Waals surface area contributed by atoms with Crippen molar-refractivity contribution in [1.29, 1.82) is 5.26 Å². The van der Waals surface area contributed by atoms with Crippen LogP contribution in [-0.2, 0) is 0 Å². The van der Waals surface area contributed by atoms with Gasteiger partial charge in [0.05, 0.1) is 28.9 Å². The van der Waals surface area contributed by atoms with E-state index in [0.717, 1.165) is 0 Å². The number of rotatable bonds is 3. The molecule has 0 aliphatic carbocycles. The second kappa shape index (κ2) is 5.87. The second-order valence-electron chi connectivity index (χ2n) is 2.72. The van der Waals surface area contributed by atoms with Crippen molar-refractivity contribution in [3.05, 3.63) is 39.4 Å². The number of hydrogen-bond donors (Lipinski definition) is 1. The van der Waals surface area contributed by atoms with Crippen LogP contribution in [0.4, 0.5) is 5.69 Å². The molecule has 1 aromatic rings. The molecule has 0 saturated carbocycles. The number of anilines is 1. The Kier molecular flexibility index (Phi) is 4.77. The maximum Gasteiger partial charge on any atom is 0.0992 e. The minimum absolute atomic E-state index is 0.375. The molecule has 5 heteroatoms. The first kappa shape index (κ1) is 12.2. The van der Waals surface area contributed by atoms with Crippen molar-refractivity contribution in [2.75, 3.05) is 11.9 Å². The summed E-state index contributed by atoms with van der Waals surface area (Å²) in [6, 6.07) is 6.98. The van der Waals surface area contributed by atoms with E-state index in [4.69, 9.17) is 40.1 Å². The first-order valence-electron chi connectivity index (χ1n) is 4.05. The van der Waals surface area contributed by atoms with Gasteiger partial charge in [-0.1, -0.05) is 34.8 Å². The van der Waals surface area contributed by atoms with Gasteiger partial charge in [-0.25, -0.2) is 0 Å². The summed E-state index contributed by atoms with van der Waals surface area (Å²) in [6.45, 7) is 0.375. The van der Waals surface area contributed by atoms with E-state index in [-0.39, 0.29) is 0 Å². The molecule has 0 bridgehead atoms. The van der Waals surface area contributed by atoms with E-state index in [9.17, 15) is 0 Å². The van der Waals surface area contributed by atoms with Crippen LogP contribution in [0.5, 0.6) is 0 Å². The molecule has 0 aromatic heterocycles. The molecular weight excluding hydrogens is 254 g/mol. The quantitative estimate of drug-likeness (QED) is 0.894. The number of halogens is 3. The van der Waals surface area contributed by atoms with Crippen molar-refractivity contribution in [3.63, 3.8) is 0 Å². The van der Waals surface area contributed by atoms with Gasteiger partial charge in [-0.3, -0.25) is 0 Å². The topological polar surface area (TPSA) is 35.8 Å². The lowest BCUT2D eigenvalue weighted by atomic mass is 10.2. The van der Waals surface area contributed by atoms with Crippen LogP contribution in [0.1, 0.15) is 5.56 Å². The number of benzene rings is 1. The SMILES string of the molecule is N#Cc1ccc(Cl)c(NCC(Cl)=CCl)c1. The molecule has 0 aliphatic rings. The Morgan fingerprint density at radius 2 is 2.27 bits per heavy atom. The lowest BCUT2D eigenvalue weighted by Gasteiger charge is -2.07. The van der Waals surface area contributed by atoms with Crippen LogP contribution < -0.4 is 5.32 Å². The molecule has 0 atom stereocenters. The molecule has 0 unspecified atom stereocenters. The van der Waals surface area contributed by atoms with E-state index in [1.54, 1.807) is 18.2 Å². The minimum Gasteiger partial charge on any atom is -0.379 e. The predicted octanol–water partition coefficient (Wildman–Crippen LogP) is 3.94. The molecule has 0 radical (unpaired) electrons. The normalized spacial score (nSPS) is 10.9.